The highest BCUT2D eigenvalue weighted by atomic mass is 31.2. The normalized spacial score (nSPS) is 28.9. The van der Waals surface area contributed by atoms with Crippen LogP contribution in [0.2, 0.25) is 0 Å². The summed E-state index contributed by atoms with van der Waals surface area (Å²) in [6.45, 7) is 7.68. The van der Waals surface area contributed by atoms with Crippen LogP contribution in [0.25, 0.3) is 0 Å². The smallest absolute Gasteiger partial charge is 0.455 e. The predicted molar refractivity (Wildman–Crippen MR) is 250 cm³/mol. The number of carbonyl (C=O) groups excluding carboxylic acids is 7. The monoisotopic (exact) mass is 1040 g/mol. The third kappa shape index (κ3) is 10.6. The maximum Gasteiger partial charge on any atom is 0.509 e. The molecular weight excluding hydrogens is 978 g/mol. The van der Waals surface area contributed by atoms with E-state index in [1.165, 1.54) is 58.9 Å². The van der Waals surface area contributed by atoms with Crippen LogP contribution in [0.15, 0.2) is 102 Å². The van der Waals surface area contributed by atoms with E-state index >= 15 is 9.59 Å². The van der Waals surface area contributed by atoms with Crippen LogP contribution < -0.4 is 5.32 Å². The zero-order valence-electron chi connectivity index (χ0n) is 41.0. The van der Waals surface area contributed by atoms with E-state index < -0.39 is 140 Å². The Morgan fingerprint density at radius 2 is 1.45 bits per heavy atom. The number of ketones is 1. The van der Waals surface area contributed by atoms with Crippen LogP contribution in [0, 0.1) is 16.7 Å². The number of hydrogen-bond donors (Lipinski definition) is 4. The fourth-order valence-electron chi connectivity index (χ4n) is 10.9. The fourth-order valence-corrected chi connectivity index (χ4v) is 11.1. The first-order chi connectivity index (χ1) is 34.4. The van der Waals surface area contributed by atoms with Crippen LogP contribution >= 0.6 is 7.82 Å². The van der Waals surface area contributed by atoms with Gasteiger partial charge in [0.15, 0.2) is 24.3 Å². The molecule has 0 aromatic heterocycles. The van der Waals surface area contributed by atoms with Crippen LogP contribution in [0.4, 0.5) is 4.79 Å². The lowest BCUT2D eigenvalue weighted by atomic mass is 9.44. The van der Waals surface area contributed by atoms with Gasteiger partial charge in [0.2, 0.25) is 6.10 Å². The standard InChI is InChI=1S/C51H58NO20P/c1-8-64-47(59)70-40(38(31-18-12-9-13-19-31)52-44(56)32-20-14-10-15-21-32)46(58)69-34-25-51(60)43(71-45(57)33-22-16-11-17-23-33)41-49(7,42(55)39(68-29(3)53)37(28(34)2)48(51,5)6)35(66-27-67-73(61,62)63)24-36-50(41,26-65-36)72-30(4)54/h9-23,34-36,38-41,43,60H,8,24-27H2,1-7H3,(H,52,56)(H2,61,62,63)/t34?,35?,36?,38?,39?,40?,41?,43?,49-,50+,51?/m1/s1. The lowest BCUT2D eigenvalue weighted by molar-refractivity contribution is -0.350. The van der Waals surface area contributed by atoms with E-state index in [-0.39, 0.29) is 40.9 Å². The average Bonchev–Trinajstić information content (AvgIpc) is 3.33. The fraction of sp³-hybridized carbons (Fsp3) is 0.471. The molecule has 0 radical (unpaired) electrons. The number of aliphatic hydroxyl groups is 1. The quantitative estimate of drug-likeness (QED) is 0.0482. The number of amides is 1. The Morgan fingerprint density at radius 1 is 0.849 bits per heavy atom. The first kappa shape index (κ1) is 54.5. The van der Waals surface area contributed by atoms with E-state index in [1.807, 2.05) is 0 Å². The number of esters is 4. The summed E-state index contributed by atoms with van der Waals surface area (Å²) in [5.41, 5.74) is -8.19. The molecule has 0 spiro atoms. The van der Waals surface area contributed by atoms with Crippen LogP contribution in [0.5, 0.6) is 0 Å². The Morgan fingerprint density at radius 3 is 2.00 bits per heavy atom. The predicted octanol–water partition coefficient (Wildman–Crippen LogP) is 5.01. The van der Waals surface area contributed by atoms with Crippen molar-refractivity contribution in [2.75, 3.05) is 20.0 Å². The number of benzene rings is 3. The van der Waals surface area contributed by atoms with Crippen LogP contribution in [-0.2, 0) is 66.2 Å². The summed E-state index contributed by atoms with van der Waals surface area (Å²) in [5.74, 6) is -7.58. The molecule has 4 N–H and O–H groups in total. The van der Waals surface area contributed by atoms with Crippen molar-refractivity contribution in [3.05, 3.63) is 119 Å². The first-order valence-electron chi connectivity index (χ1n) is 23.4. The summed E-state index contributed by atoms with van der Waals surface area (Å²) in [5, 5.41) is 16.8. The molecule has 2 bridgehead atoms. The van der Waals surface area contributed by atoms with Gasteiger partial charge in [0.1, 0.15) is 30.0 Å². The molecule has 3 fully saturated rings. The molecule has 22 heteroatoms. The van der Waals surface area contributed by atoms with E-state index in [0.717, 1.165) is 13.8 Å². The Bertz CT molecular complexity index is 2680. The lowest BCUT2D eigenvalue weighted by Crippen LogP contribution is -2.82. The minimum absolute atomic E-state index is 0.0208. The second kappa shape index (κ2) is 21.3. The van der Waals surface area contributed by atoms with Gasteiger partial charge in [-0.25, -0.2) is 18.9 Å². The minimum atomic E-state index is -5.19. The largest absolute Gasteiger partial charge is 0.509 e. The van der Waals surface area contributed by atoms with Gasteiger partial charge in [-0.2, -0.15) is 0 Å². The molecule has 1 amide bonds. The Balaban J connectivity index is 1.45. The molecule has 3 aliphatic carbocycles. The van der Waals surface area contributed by atoms with Gasteiger partial charge in [0, 0.05) is 37.7 Å². The van der Waals surface area contributed by atoms with Crippen molar-refractivity contribution in [1.29, 1.82) is 0 Å². The molecule has 11 atom stereocenters. The van der Waals surface area contributed by atoms with Gasteiger partial charge in [-0.3, -0.25) is 23.7 Å². The van der Waals surface area contributed by atoms with Gasteiger partial charge in [0.05, 0.1) is 36.2 Å². The van der Waals surface area contributed by atoms with E-state index in [0.29, 0.717) is 0 Å². The Hall–Kier alpha value is -6.32. The van der Waals surface area contributed by atoms with Crippen molar-refractivity contribution in [2.24, 2.45) is 16.7 Å². The van der Waals surface area contributed by atoms with Gasteiger partial charge in [-0.1, -0.05) is 80.6 Å². The molecule has 9 unspecified atom stereocenters. The van der Waals surface area contributed by atoms with Crippen LogP contribution in [0.3, 0.4) is 0 Å². The first-order valence-corrected chi connectivity index (χ1v) is 24.9. The van der Waals surface area contributed by atoms with Crippen molar-refractivity contribution in [3.63, 3.8) is 0 Å². The van der Waals surface area contributed by atoms with Gasteiger partial charge < -0.3 is 58.1 Å². The molecule has 73 heavy (non-hydrogen) atoms. The number of Topliss-reactive ketones (excluding diaryl/α,β-unsaturated/α-hetero) is 1. The molecule has 2 saturated carbocycles. The number of ether oxygens (including phenoxy) is 8. The van der Waals surface area contributed by atoms with E-state index in [1.54, 1.807) is 66.7 Å². The topological polar surface area (TPSA) is 292 Å². The highest BCUT2D eigenvalue weighted by Crippen LogP contribution is 2.65. The van der Waals surface area contributed by atoms with Crippen molar-refractivity contribution in [1.82, 2.24) is 5.32 Å². The Labute approximate surface area is 420 Å². The number of carbonyl (C=O) groups is 7. The summed E-state index contributed by atoms with van der Waals surface area (Å²) in [7, 11) is -5.19. The zero-order valence-corrected chi connectivity index (χ0v) is 41.9. The number of rotatable bonds is 16. The van der Waals surface area contributed by atoms with Gasteiger partial charge >= 0.3 is 37.9 Å². The maximum absolute atomic E-state index is 16.1. The van der Waals surface area contributed by atoms with Crippen molar-refractivity contribution in [3.8, 4) is 0 Å². The maximum atomic E-state index is 16.1. The van der Waals surface area contributed by atoms with Gasteiger partial charge in [-0.05, 0) is 61.7 Å². The summed E-state index contributed by atoms with van der Waals surface area (Å²) >= 11 is 0. The minimum Gasteiger partial charge on any atom is -0.455 e. The van der Waals surface area contributed by atoms with Crippen molar-refractivity contribution >= 4 is 49.5 Å². The summed E-state index contributed by atoms with van der Waals surface area (Å²) in [6, 6.07) is 22.1. The number of phosphoric ester groups is 1. The number of hydrogen-bond acceptors (Lipinski definition) is 18. The lowest BCUT2D eigenvalue weighted by Gasteiger charge is -2.67. The highest BCUT2D eigenvalue weighted by Gasteiger charge is 2.79. The van der Waals surface area contributed by atoms with E-state index in [4.69, 9.17) is 37.9 Å². The molecule has 7 rings (SSSR count). The van der Waals surface area contributed by atoms with Crippen LogP contribution in [-0.4, -0.2) is 124 Å². The van der Waals surface area contributed by atoms with E-state index in [9.17, 15) is 43.4 Å². The molecule has 1 aliphatic heterocycles. The number of nitrogens with one attached hydrogen (secondary N) is 1. The molecule has 1 heterocycles. The Kier molecular flexibility index (Phi) is 15.9. The summed E-state index contributed by atoms with van der Waals surface area (Å²) in [4.78, 5) is 119. The third-order valence-corrected chi connectivity index (χ3v) is 14.8. The summed E-state index contributed by atoms with van der Waals surface area (Å²) < 4.78 is 64.3. The molecule has 3 aromatic carbocycles. The third-order valence-electron chi connectivity index (χ3n) is 14.4. The average molecular weight is 1040 g/mol. The molecule has 4 aliphatic rings. The van der Waals surface area contributed by atoms with Gasteiger partial charge in [0.25, 0.3) is 5.91 Å². The SMILES string of the molecule is CCOC(=O)OC(C(=O)OC1CC2(O)C(OC(=O)c3ccccc3)C3[C@]4(OC(C)=O)COC4CC(OCOP(=O)(O)O)[C@@]3(C)C(=O)C(OC(C)=O)C(=C1C)C2(C)C)C(NC(=O)c1ccccc1)c1ccccc1. The number of phosphoric acid groups is 1. The molecule has 392 valence electrons. The highest BCUT2D eigenvalue weighted by molar-refractivity contribution is 7.46. The second-order valence-corrected chi connectivity index (χ2v) is 20.2. The van der Waals surface area contributed by atoms with Crippen molar-refractivity contribution in [2.45, 2.75) is 115 Å². The second-order valence-electron chi connectivity index (χ2n) is 19.0. The molecule has 21 nitrogen and oxygen atoms in total. The molecule has 1 saturated heterocycles. The molecule has 3 aromatic rings. The zero-order chi connectivity index (χ0) is 53.3. The van der Waals surface area contributed by atoms with E-state index in [2.05, 4.69) is 9.84 Å². The van der Waals surface area contributed by atoms with Crippen LogP contribution in [0.1, 0.15) is 93.6 Å². The molecular formula is C51H58NO20P. The van der Waals surface area contributed by atoms with Crippen molar-refractivity contribution < 1.29 is 95.4 Å². The van der Waals surface area contributed by atoms with Gasteiger partial charge in [-0.15, -0.1) is 0 Å². The summed E-state index contributed by atoms with van der Waals surface area (Å²) in [6.07, 6.45) is -12.7. The number of fused-ring (bicyclic) bond motifs is 5.